The molecule has 1 aromatic heterocycles. The van der Waals surface area contributed by atoms with Crippen LogP contribution in [0.5, 0.6) is 0 Å². The van der Waals surface area contributed by atoms with E-state index < -0.39 is 0 Å². The quantitative estimate of drug-likeness (QED) is 0.371. The zero-order chi connectivity index (χ0) is 19.2. The maximum Gasteiger partial charge on any atom is 0.191 e. The molecule has 1 aromatic carbocycles. The van der Waals surface area contributed by atoms with E-state index in [1.807, 2.05) is 20.9 Å². The number of aryl methyl sites for hydroxylation is 3. The van der Waals surface area contributed by atoms with Crippen molar-refractivity contribution in [2.75, 3.05) is 20.1 Å². The molecule has 0 aliphatic carbocycles. The van der Waals surface area contributed by atoms with Crippen LogP contribution >= 0.6 is 24.0 Å². The predicted octanol–water partition coefficient (Wildman–Crippen LogP) is 4.15. The topological polar surface area (TPSA) is 52.8 Å². The summed E-state index contributed by atoms with van der Waals surface area (Å²) in [6.45, 7) is 10.1. The monoisotopic (exact) mass is 496 g/mol. The minimum atomic E-state index is 0. The average molecular weight is 496 g/mol. The second-order valence-electron chi connectivity index (χ2n) is 7.55. The van der Waals surface area contributed by atoms with Gasteiger partial charge < -0.3 is 15.1 Å². The molecule has 1 saturated heterocycles. The van der Waals surface area contributed by atoms with Gasteiger partial charge in [-0.3, -0.25) is 9.89 Å². The summed E-state index contributed by atoms with van der Waals surface area (Å²) < 4.78 is 5.59. The molecule has 2 heterocycles. The lowest BCUT2D eigenvalue weighted by Gasteiger charge is -2.33. The Morgan fingerprint density at radius 1 is 1.18 bits per heavy atom. The maximum atomic E-state index is 5.59. The standard InChI is InChI=1S/C22H32N4O.HI/c1-16-6-5-7-19(12-16)15-26-10-8-21(9-11-26)25-22(23-4)24-14-20-13-17(2)27-18(20)3;/h5-7,12-13,21H,8-11,14-15H2,1-4H3,(H2,23,24,25);1H. The van der Waals surface area contributed by atoms with Crippen LogP contribution in [0.3, 0.4) is 0 Å². The number of hydrogen-bond acceptors (Lipinski definition) is 3. The summed E-state index contributed by atoms with van der Waals surface area (Å²) in [6, 6.07) is 11.4. The Hall–Kier alpha value is -1.54. The highest BCUT2D eigenvalue weighted by atomic mass is 127. The van der Waals surface area contributed by atoms with Gasteiger partial charge in [-0.15, -0.1) is 24.0 Å². The number of guanidine groups is 1. The molecule has 0 radical (unpaired) electrons. The minimum Gasteiger partial charge on any atom is -0.466 e. The number of piperidine rings is 1. The Morgan fingerprint density at radius 3 is 2.54 bits per heavy atom. The first kappa shape index (κ1) is 22.7. The molecule has 0 amide bonds. The lowest BCUT2D eigenvalue weighted by molar-refractivity contribution is 0.198. The van der Waals surface area contributed by atoms with E-state index in [1.54, 1.807) is 0 Å². The zero-order valence-electron chi connectivity index (χ0n) is 17.4. The summed E-state index contributed by atoms with van der Waals surface area (Å²) in [4.78, 5) is 6.92. The molecule has 2 aromatic rings. The Balaban J connectivity index is 0.00000280. The fourth-order valence-corrected chi connectivity index (χ4v) is 3.73. The lowest BCUT2D eigenvalue weighted by Crippen LogP contribution is -2.48. The summed E-state index contributed by atoms with van der Waals surface area (Å²) >= 11 is 0. The van der Waals surface area contributed by atoms with Crippen LogP contribution in [0.15, 0.2) is 39.7 Å². The summed E-state index contributed by atoms with van der Waals surface area (Å²) in [5.41, 5.74) is 3.93. The van der Waals surface area contributed by atoms with Crippen molar-refractivity contribution in [3.63, 3.8) is 0 Å². The molecule has 1 fully saturated rings. The molecule has 0 atom stereocenters. The third kappa shape index (κ3) is 6.51. The largest absolute Gasteiger partial charge is 0.466 e. The highest BCUT2D eigenvalue weighted by molar-refractivity contribution is 14.0. The molecule has 3 rings (SSSR count). The van der Waals surface area contributed by atoms with Crippen molar-refractivity contribution in [1.82, 2.24) is 15.5 Å². The number of rotatable bonds is 5. The minimum absolute atomic E-state index is 0. The molecule has 1 aliphatic heterocycles. The molecule has 6 heteroatoms. The van der Waals surface area contributed by atoms with Crippen LogP contribution in [-0.4, -0.2) is 37.0 Å². The highest BCUT2D eigenvalue weighted by Gasteiger charge is 2.20. The molecule has 1 aliphatic rings. The number of halogens is 1. The number of aliphatic imine (C=N–C) groups is 1. The van der Waals surface area contributed by atoms with Gasteiger partial charge in [0.25, 0.3) is 0 Å². The number of benzene rings is 1. The summed E-state index contributed by atoms with van der Waals surface area (Å²) in [5.74, 6) is 2.79. The van der Waals surface area contributed by atoms with Crippen LogP contribution in [0.4, 0.5) is 0 Å². The van der Waals surface area contributed by atoms with E-state index >= 15 is 0 Å². The van der Waals surface area contributed by atoms with E-state index in [-0.39, 0.29) is 24.0 Å². The third-order valence-corrected chi connectivity index (χ3v) is 5.23. The first-order chi connectivity index (χ1) is 13.0. The van der Waals surface area contributed by atoms with Crippen LogP contribution in [0.25, 0.3) is 0 Å². The van der Waals surface area contributed by atoms with Gasteiger partial charge in [-0.1, -0.05) is 29.8 Å². The van der Waals surface area contributed by atoms with Crippen molar-refractivity contribution in [3.8, 4) is 0 Å². The Bertz CT molecular complexity index is 779. The van der Waals surface area contributed by atoms with Crippen LogP contribution in [0.2, 0.25) is 0 Å². The van der Waals surface area contributed by atoms with E-state index in [0.717, 1.165) is 56.5 Å². The number of likely N-dealkylation sites (tertiary alicyclic amines) is 1. The Kier molecular flexibility index (Phi) is 8.82. The molecule has 0 saturated carbocycles. The van der Waals surface area contributed by atoms with Crippen molar-refractivity contribution in [2.24, 2.45) is 4.99 Å². The van der Waals surface area contributed by atoms with Crippen LogP contribution in [-0.2, 0) is 13.1 Å². The molecule has 2 N–H and O–H groups in total. The molecule has 0 bridgehead atoms. The van der Waals surface area contributed by atoms with Gasteiger partial charge in [-0.2, -0.15) is 0 Å². The molecule has 0 spiro atoms. The average Bonchev–Trinajstić information content (AvgIpc) is 2.97. The van der Waals surface area contributed by atoms with Gasteiger partial charge in [0.1, 0.15) is 11.5 Å². The number of nitrogens with zero attached hydrogens (tertiary/aromatic N) is 2. The van der Waals surface area contributed by atoms with Gasteiger partial charge in [0.15, 0.2) is 5.96 Å². The summed E-state index contributed by atoms with van der Waals surface area (Å²) in [7, 11) is 1.83. The van der Waals surface area contributed by atoms with Crippen molar-refractivity contribution < 1.29 is 4.42 Å². The number of nitrogens with one attached hydrogen (secondary N) is 2. The first-order valence-electron chi connectivity index (χ1n) is 9.84. The highest BCUT2D eigenvalue weighted by Crippen LogP contribution is 2.15. The van der Waals surface area contributed by atoms with E-state index in [0.29, 0.717) is 6.04 Å². The fourth-order valence-electron chi connectivity index (χ4n) is 3.73. The van der Waals surface area contributed by atoms with E-state index in [1.165, 1.54) is 16.7 Å². The van der Waals surface area contributed by atoms with Gasteiger partial charge in [-0.05, 0) is 45.2 Å². The van der Waals surface area contributed by atoms with Crippen LogP contribution in [0.1, 0.15) is 41.1 Å². The molecular formula is C22H33IN4O. The van der Waals surface area contributed by atoms with Gasteiger partial charge in [0.2, 0.25) is 0 Å². The van der Waals surface area contributed by atoms with Gasteiger partial charge in [0, 0.05) is 44.8 Å². The molecular weight excluding hydrogens is 463 g/mol. The normalized spacial score (nSPS) is 15.9. The first-order valence-corrected chi connectivity index (χ1v) is 9.84. The van der Waals surface area contributed by atoms with E-state index in [2.05, 4.69) is 57.8 Å². The van der Waals surface area contributed by atoms with Crippen molar-refractivity contribution in [3.05, 3.63) is 58.5 Å². The summed E-state index contributed by atoms with van der Waals surface area (Å²) in [6.07, 6.45) is 2.27. The van der Waals surface area contributed by atoms with E-state index in [4.69, 9.17) is 4.42 Å². The SMILES string of the molecule is CN=C(NCc1cc(C)oc1C)NC1CCN(Cc2cccc(C)c2)CC1.I. The zero-order valence-corrected chi connectivity index (χ0v) is 19.7. The van der Waals surface area contributed by atoms with E-state index in [9.17, 15) is 0 Å². The van der Waals surface area contributed by atoms with Gasteiger partial charge >= 0.3 is 0 Å². The summed E-state index contributed by atoms with van der Waals surface area (Å²) in [5, 5.41) is 6.99. The maximum absolute atomic E-state index is 5.59. The Labute approximate surface area is 186 Å². The predicted molar refractivity (Wildman–Crippen MR) is 126 cm³/mol. The van der Waals surface area contributed by atoms with Gasteiger partial charge in [-0.25, -0.2) is 0 Å². The third-order valence-electron chi connectivity index (χ3n) is 5.23. The smallest absolute Gasteiger partial charge is 0.191 e. The number of furan rings is 1. The molecule has 154 valence electrons. The van der Waals surface area contributed by atoms with Crippen LogP contribution < -0.4 is 10.6 Å². The molecule has 28 heavy (non-hydrogen) atoms. The Morgan fingerprint density at radius 2 is 1.93 bits per heavy atom. The van der Waals surface area contributed by atoms with Crippen LogP contribution in [0, 0.1) is 20.8 Å². The lowest BCUT2D eigenvalue weighted by atomic mass is 10.0. The van der Waals surface area contributed by atoms with Crippen molar-refractivity contribution in [2.45, 2.75) is 52.7 Å². The van der Waals surface area contributed by atoms with Crippen molar-refractivity contribution >= 4 is 29.9 Å². The van der Waals surface area contributed by atoms with Gasteiger partial charge in [0.05, 0.1) is 0 Å². The number of hydrogen-bond donors (Lipinski definition) is 2. The molecule has 5 nitrogen and oxygen atoms in total. The van der Waals surface area contributed by atoms with Crippen molar-refractivity contribution in [1.29, 1.82) is 0 Å². The second kappa shape index (κ2) is 10.9. The fraction of sp³-hybridized carbons (Fsp3) is 0.500. The molecule has 0 unspecified atom stereocenters. The second-order valence-corrected chi connectivity index (χ2v) is 7.55.